The molecule has 1 aliphatic carbocycles. The van der Waals surface area contributed by atoms with E-state index >= 15 is 0 Å². The first kappa shape index (κ1) is 19.1. The van der Waals surface area contributed by atoms with Crippen molar-refractivity contribution < 1.29 is 26.7 Å². The number of carbonyl (C=O) groups is 1. The van der Waals surface area contributed by atoms with Gasteiger partial charge < -0.3 is 4.90 Å². The molecule has 1 saturated heterocycles. The van der Waals surface area contributed by atoms with Crippen LogP contribution in [0.2, 0.25) is 0 Å². The molecule has 1 atom stereocenters. The number of nitrogens with zero attached hydrogens (tertiary/aromatic N) is 2. The smallest absolute Gasteiger partial charge is 0.332 e. The number of alkyl halides is 3. The summed E-state index contributed by atoms with van der Waals surface area (Å²) in [6.45, 7) is -1.39. The van der Waals surface area contributed by atoms with Crippen LogP contribution in [0.15, 0.2) is 18.2 Å². The van der Waals surface area contributed by atoms with Crippen molar-refractivity contribution >= 4 is 5.91 Å². The van der Waals surface area contributed by atoms with Gasteiger partial charge in [-0.1, -0.05) is 18.9 Å². The fourth-order valence-electron chi connectivity index (χ4n) is 4.00. The monoisotopic (exact) mass is 376 g/mol. The highest BCUT2D eigenvalue weighted by atomic mass is 19.4. The van der Waals surface area contributed by atoms with Gasteiger partial charge in [-0.3, -0.25) is 9.69 Å². The molecule has 0 aromatic heterocycles. The molecular formula is C18H21F5N2O. The Morgan fingerprint density at radius 2 is 1.69 bits per heavy atom. The van der Waals surface area contributed by atoms with Crippen molar-refractivity contribution in [2.75, 3.05) is 13.1 Å². The lowest BCUT2D eigenvalue weighted by molar-refractivity contribution is -0.159. The van der Waals surface area contributed by atoms with Crippen LogP contribution in [0.1, 0.15) is 37.7 Å². The molecule has 2 aliphatic rings. The maximum atomic E-state index is 14.1. The summed E-state index contributed by atoms with van der Waals surface area (Å²) < 4.78 is 66.1. The van der Waals surface area contributed by atoms with Crippen molar-refractivity contribution in [3.8, 4) is 0 Å². The van der Waals surface area contributed by atoms with Gasteiger partial charge in [0.15, 0.2) is 0 Å². The van der Waals surface area contributed by atoms with Crippen LogP contribution in [0, 0.1) is 11.6 Å². The van der Waals surface area contributed by atoms with Crippen LogP contribution in [0.4, 0.5) is 22.0 Å². The van der Waals surface area contributed by atoms with Gasteiger partial charge in [0.2, 0.25) is 5.91 Å². The SMILES string of the molecule is O=C1[C@H](N(Cc2c(F)cccc2F)C2CCCC2)CCN1CC(F)(F)F. The van der Waals surface area contributed by atoms with Crippen LogP contribution >= 0.6 is 0 Å². The van der Waals surface area contributed by atoms with Crippen molar-refractivity contribution in [1.82, 2.24) is 9.80 Å². The van der Waals surface area contributed by atoms with Crippen LogP contribution in [0.3, 0.4) is 0 Å². The van der Waals surface area contributed by atoms with E-state index in [-0.39, 0.29) is 31.1 Å². The normalized spacial score (nSPS) is 22.0. The number of amides is 1. The second-order valence-electron chi connectivity index (χ2n) is 6.99. The predicted molar refractivity (Wildman–Crippen MR) is 85.2 cm³/mol. The number of halogens is 5. The number of hydrogen-bond donors (Lipinski definition) is 0. The van der Waals surface area contributed by atoms with Crippen molar-refractivity contribution in [3.63, 3.8) is 0 Å². The molecule has 2 fully saturated rings. The van der Waals surface area contributed by atoms with Gasteiger partial charge in [-0.25, -0.2) is 8.78 Å². The first-order valence-electron chi connectivity index (χ1n) is 8.80. The zero-order valence-corrected chi connectivity index (χ0v) is 14.2. The predicted octanol–water partition coefficient (Wildman–Crippen LogP) is 3.87. The van der Waals surface area contributed by atoms with E-state index in [1.807, 2.05) is 0 Å². The van der Waals surface area contributed by atoms with Crippen molar-refractivity contribution in [1.29, 1.82) is 0 Å². The van der Waals surface area contributed by atoms with E-state index < -0.39 is 36.3 Å². The van der Waals surface area contributed by atoms with E-state index in [0.29, 0.717) is 0 Å². The zero-order chi connectivity index (χ0) is 18.9. The third-order valence-corrected chi connectivity index (χ3v) is 5.24. The number of benzene rings is 1. The summed E-state index contributed by atoms with van der Waals surface area (Å²) in [6.07, 6.45) is -0.789. The lowest BCUT2D eigenvalue weighted by Gasteiger charge is -2.33. The van der Waals surface area contributed by atoms with E-state index in [0.717, 1.165) is 42.7 Å². The molecule has 0 spiro atoms. The summed E-state index contributed by atoms with van der Waals surface area (Å²) >= 11 is 0. The number of rotatable bonds is 5. The van der Waals surface area contributed by atoms with E-state index in [9.17, 15) is 26.7 Å². The summed E-state index contributed by atoms with van der Waals surface area (Å²) in [5.41, 5.74) is -0.138. The van der Waals surface area contributed by atoms with Gasteiger partial charge in [0.25, 0.3) is 0 Å². The van der Waals surface area contributed by atoms with Crippen LogP contribution in [-0.4, -0.2) is 47.1 Å². The van der Waals surface area contributed by atoms with Crippen LogP contribution in [0.5, 0.6) is 0 Å². The van der Waals surface area contributed by atoms with Crippen LogP contribution < -0.4 is 0 Å². The minimum absolute atomic E-state index is 0.00594. The summed E-state index contributed by atoms with van der Waals surface area (Å²) in [5, 5.41) is 0. The highest BCUT2D eigenvalue weighted by Gasteiger charge is 2.43. The molecule has 3 nitrogen and oxygen atoms in total. The van der Waals surface area contributed by atoms with Gasteiger partial charge in [0.05, 0.1) is 6.04 Å². The standard InChI is InChI=1S/C18H21F5N2O/c19-14-6-3-7-15(20)13(14)10-25(12-4-1-2-5-12)16-8-9-24(17(16)26)11-18(21,22)23/h3,6-7,12,16H,1-2,4-5,8-11H2/t16-/m1/s1. The minimum atomic E-state index is -4.46. The van der Waals surface area contributed by atoms with Gasteiger partial charge in [-0.2, -0.15) is 13.2 Å². The Balaban J connectivity index is 1.82. The summed E-state index contributed by atoms with van der Waals surface area (Å²) in [7, 11) is 0. The van der Waals surface area contributed by atoms with Gasteiger partial charge in [0, 0.05) is 24.7 Å². The molecule has 144 valence electrons. The highest BCUT2D eigenvalue weighted by molar-refractivity contribution is 5.84. The number of hydrogen-bond acceptors (Lipinski definition) is 2. The third-order valence-electron chi connectivity index (χ3n) is 5.24. The summed E-state index contributed by atoms with van der Waals surface area (Å²) in [4.78, 5) is 15.0. The first-order valence-corrected chi connectivity index (χ1v) is 8.80. The lowest BCUT2D eigenvalue weighted by atomic mass is 10.1. The van der Waals surface area contributed by atoms with Crippen molar-refractivity contribution in [3.05, 3.63) is 35.4 Å². The minimum Gasteiger partial charge on any atom is -0.332 e. The van der Waals surface area contributed by atoms with E-state index in [2.05, 4.69) is 0 Å². The lowest BCUT2D eigenvalue weighted by Crippen LogP contribution is -2.47. The van der Waals surface area contributed by atoms with Gasteiger partial charge >= 0.3 is 6.18 Å². The van der Waals surface area contributed by atoms with Gasteiger partial charge in [0.1, 0.15) is 18.2 Å². The Hall–Kier alpha value is -1.70. The zero-order valence-electron chi connectivity index (χ0n) is 14.2. The van der Waals surface area contributed by atoms with Crippen molar-refractivity contribution in [2.45, 2.75) is 56.9 Å². The van der Waals surface area contributed by atoms with E-state index in [1.54, 1.807) is 4.90 Å². The highest BCUT2D eigenvalue weighted by Crippen LogP contribution is 2.32. The van der Waals surface area contributed by atoms with E-state index in [4.69, 9.17) is 0 Å². The van der Waals surface area contributed by atoms with Gasteiger partial charge in [-0.15, -0.1) is 0 Å². The van der Waals surface area contributed by atoms with Crippen LogP contribution in [0.25, 0.3) is 0 Å². The first-order chi connectivity index (χ1) is 12.3. The molecule has 0 bridgehead atoms. The van der Waals surface area contributed by atoms with Gasteiger partial charge in [-0.05, 0) is 31.4 Å². The largest absolute Gasteiger partial charge is 0.406 e. The average molecular weight is 376 g/mol. The molecule has 1 aromatic carbocycles. The second-order valence-corrected chi connectivity index (χ2v) is 6.99. The van der Waals surface area contributed by atoms with Crippen molar-refractivity contribution in [2.24, 2.45) is 0 Å². The van der Waals surface area contributed by atoms with E-state index in [1.165, 1.54) is 6.07 Å². The number of carbonyl (C=O) groups excluding carboxylic acids is 1. The molecule has 0 N–H and O–H groups in total. The Kier molecular flexibility index (Phi) is 5.50. The average Bonchev–Trinajstić information content (AvgIpc) is 3.18. The number of likely N-dealkylation sites (tertiary alicyclic amines) is 1. The maximum absolute atomic E-state index is 14.1. The molecule has 1 heterocycles. The Labute approximate surface area is 148 Å². The molecule has 0 unspecified atom stereocenters. The second kappa shape index (κ2) is 7.50. The maximum Gasteiger partial charge on any atom is 0.406 e. The Morgan fingerprint density at radius 3 is 2.27 bits per heavy atom. The molecule has 26 heavy (non-hydrogen) atoms. The molecular weight excluding hydrogens is 355 g/mol. The molecule has 3 rings (SSSR count). The Bertz CT molecular complexity index is 637. The molecule has 1 saturated carbocycles. The Morgan fingerprint density at radius 1 is 1.08 bits per heavy atom. The molecule has 1 aromatic rings. The van der Waals surface area contributed by atoms with Crippen LogP contribution in [-0.2, 0) is 11.3 Å². The molecule has 1 amide bonds. The summed E-state index contributed by atoms with van der Waals surface area (Å²) in [6, 6.07) is 2.75. The molecule has 8 heteroatoms. The quantitative estimate of drug-likeness (QED) is 0.729. The summed E-state index contributed by atoms with van der Waals surface area (Å²) in [5.74, 6) is -2.01. The third kappa shape index (κ3) is 4.16. The topological polar surface area (TPSA) is 23.6 Å². The molecule has 0 radical (unpaired) electrons. The molecule has 1 aliphatic heterocycles. The fourth-order valence-corrected chi connectivity index (χ4v) is 4.00. The fraction of sp³-hybridized carbons (Fsp3) is 0.611.